The quantitative estimate of drug-likeness (QED) is 0.269. The summed E-state index contributed by atoms with van der Waals surface area (Å²) < 4.78 is 16.1. The summed E-state index contributed by atoms with van der Waals surface area (Å²) in [5.74, 6) is 3.12. The second-order valence-electron chi connectivity index (χ2n) is 5.30. The van der Waals surface area contributed by atoms with E-state index in [0.29, 0.717) is 36.5 Å². The highest BCUT2D eigenvalue weighted by atomic mass is 127. The van der Waals surface area contributed by atoms with Gasteiger partial charge in [0.2, 0.25) is 0 Å². The molecule has 3 N–H and O–H groups in total. The van der Waals surface area contributed by atoms with E-state index in [2.05, 4.69) is 24.2 Å². The fourth-order valence-corrected chi connectivity index (χ4v) is 1.68. The van der Waals surface area contributed by atoms with Crippen molar-refractivity contribution in [2.45, 2.75) is 20.3 Å². The first kappa shape index (κ1) is 21.6. The van der Waals surface area contributed by atoms with Crippen LogP contribution in [-0.4, -0.2) is 39.9 Å². The molecule has 0 saturated heterocycles. The summed E-state index contributed by atoms with van der Waals surface area (Å²) in [6.07, 6.45) is 0.817. The number of guanidine groups is 1. The Balaban J connectivity index is 0.00000484. The van der Waals surface area contributed by atoms with Crippen LogP contribution in [0, 0.1) is 5.92 Å². The lowest BCUT2D eigenvalue weighted by Crippen LogP contribution is -2.33. The third kappa shape index (κ3) is 9.37. The number of nitrogens with one attached hydrogen (secondary N) is 1. The monoisotopic (exact) mass is 437 g/mol. The van der Waals surface area contributed by atoms with Crippen molar-refractivity contribution in [2.75, 3.05) is 33.9 Å². The van der Waals surface area contributed by atoms with Gasteiger partial charge < -0.3 is 25.3 Å². The molecule has 0 spiro atoms. The van der Waals surface area contributed by atoms with E-state index in [1.807, 2.05) is 12.1 Å². The molecule has 132 valence electrons. The van der Waals surface area contributed by atoms with E-state index >= 15 is 0 Å². The maximum atomic E-state index is 5.76. The lowest BCUT2D eigenvalue weighted by atomic mass is 10.2. The molecular weight excluding hydrogens is 409 g/mol. The number of halogens is 1. The van der Waals surface area contributed by atoms with Crippen molar-refractivity contribution < 1.29 is 14.2 Å². The fourth-order valence-electron chi connectivity index (χ4n) is 1.68. The van der Waals surface area contributed by atoms with Gasteiger partial charge in [-0.25, -0.2) is 0 Å². The lowest BCUT2D eigenvalue weighted by molar-refractivity contribution is 0.305. The number of benzene rings is 1. The molecule has 0 unspecified atom stereocenters. The number of aliphatic imine (C=N–C) groups is 1. The highest BCUT2D eigenvalue weighted by Gasteiger charge is 2.02. The highest BCUT2D eigenvalue weighted by Crippen LogP contribution is 2.27. The molecule has 0 saturated carbocycles. The van der Waals surface area contributed by atoms with Gasteiger partial charge in [-0.05, 0) is 12.3 Å². The molecule has 1 aromatic carbocycles. The Morgan fingerprint density at radius 2 is 1.70 bits per heavy atom. The first-order valence-electron chi connectivity index (χ1n) is 7.44. The van der Waals surface area contributed by atoms with Gasteiger partial charge in [0.1, 0.15) is 17.2 Å². The van der Waals surface area contributed by atoms with Crippen LogP contribution in [0.5, 0.6) is 17.2 Å². The predicted molar refractivity (Wildman–Crippen MR) is 104 cm³/mol. The topological polar surface area (TPSA) is 78.1 Å². The summed E-state index contributed by atoms with van der Waals surface area (Å²) >= 11 is 0. The molecule has 0 amide bonds. The molecule has 0 aliphatic rings. The zero-order valence-corrected chi connectivity index (χ0v) is 16.6. The zero-order chi connectivity index (χ0) is 16.4. The average molecular weight is 437 g/mol. The Bertz CT molecular complexity index is 459. The van der Waals surface area contributed by atoms with Crippen LogP contribution in [0.3, 0.4) is 0 Å². The first-order valence-corrected chi connectivity index (χ1v) is 7.44. The summed E-state index contributed by atoms with van der Waals surface area (Å²) in [7, 11) is 3.23. The molecular formula is C16H28IN3O3. The van der Waals surface area contributed by atoms with Crippen molar-refractivity contribution in [3.8, 4) is 17.2 Å². The minimum absolute atomic E-state index is 0. The second kappa shape index (κ2) is 12.1. The summed E-state index contributed by atoms with van der Waals surface area (Å²) in [4.78, 5) is 4.23. The van der Waals surface area contributed by atoms with E-state index in [4.69, 9.17) is 19.9 Å². The molecule has 1 rings (SSSR count). The van der Waals surface area contributed by atoms with Crippen LogP contribution in [0.15, 0.2) is 23.2 Å². The van der Waals surface area contributed by atoms with E-state index in [1.54, 1.807) is 20.3 Å². The smallest absolute Gasteiger partial charge is 0.188 e. The molecule has 0 heterocycles. The number of nitrogens with zero attached hydrogens (tertiary/aromatic N) is 1. The van der Waals surface area contributed by atoms with Crippen LogP contribution in [-0.2, 0) is 0 Å². The fraction of sp³-hybridized carbons (Fsp3) is 0.562. The van der Waals surface area contributed by atoms with Crippen LogP contribution in [0.4, 0.5) is 0 Å². The standard InChI is InChI=1S/C16H27N3O3.HI/c1-12(2)11-19-16(17)18-6-5-7-22-15-9-13(20-3)8-14(10-15)21-4;/h8-10,12H,5-7,11H2,1-4H3,(H3,17,18,19);1H. The van der Waals surface area contributed by atoms with Gasteiger partial charge in [-0.2, -0.15) is 0 Å². The summed E-state index contributed by atoms with van der Waals surface area (Å²) in [5, 5.41) is 3.07. The van der Waals surface area contributed by atoms with Crippen LogP contribution in [0.25, 0.3) is 0 Å². The molecule has 0 aromatic heterocycles. The van der Waals surface area contributed by atoms with Gasteiger partial charge in [-0.3, -0.25) is 4.99 Å². The molecule has 0 atom stereocenters. The number of hydrogen-bond donors (Lipinski definition) is 2. The lowest BCUT2D eigenvalue weighted by Gasteiger charge is -2.11. The summed E-state index contributed by atoms with van der Waals surface area (Å²) in [6, 6.07) is 5.46. The van der Waals surface area contributed by atoms with E-state index in [-0.39, 0.29) is 24.0 Å². The molecule has 0 fully saturated rings. The number of hydrogen-bond acceptors (Lipinski definition) is 4. The minimum atomic E-state index is 0. The van der Waals surface area contributed by atoms with Gasteiger partial charge in [-0.15, -0.1) is 24.0 Å². The van der Waals surface area contributed by atoms with E-state index in [0.717, 1.165) is 18.7 Å². The van der Waals surface area contributed by atoms with Gasteiger partial charge >= 0.3 is 0 Å². The van der Waals surface area contributed by atoms with Crippen LogP contribution < -0.4 is 25.3 Å². The van der Waals surface area contributed by atoms with E-state index in [1.165, 1.54) is 0 Å². The first-order chi connectivity index (χ1) is 10.5. The Labute approximate surface area is 155 Å². The molecule has 0 aliphatic carbocycles. The maximum Gasteiger partial charge on any atom is 0.188 e. The minimum Gasteiger partial charge on any atom is -0.496 e. The predicted octanol–water partition coefficient (Wildman–Crippen LogP) is 2.65. The van der Waals surface area contributed by atoms with Crippen molar-refractivity contribution in [2.24, 2.45) is 16.6 Å². The van der Waals surface area contributed by atoms with Crippen molar-refractivity contribution in [3.63, 3.8) is 0 Å². The molecule has 0 bridgehead atoms. The molecule has 1 aromatic rings. The number of methoxy groups -OCH3 is 2. The normalized spacial score (nSPS) is 10.9. The Hall–Kier alpha value is -1.38. The van der Waals surface area contributed by atoms with Gasteiger partial charge in [0.25, 0.3) is 0 Å². The largest absolute Gasteiger partial charge is 0.496 e. The van der Waals surface area contributed by atoms with Crippen molar-refractivity contribution in [3.05, 3.63) is 18.2 Å². The summed E-state index contributed by atoms with van der Waals surface area (Å²) in [6.45, 7) is 6.23. The maximum absolute atomic E-state index is 5.76. The van der Waals surface area contributed by atoms with Crippen LogP contribution in [0.2, 0.25) is 0 Å². The molecule has 0 radical (unpaired) electrons. The average Bonchev–Trinajstić information content (AvgIpc) is 2.52. The number of ether oxygens (including phenoxy) is 3. The van der Waals surface area contributed by atoms with Gasteiger partial charge in [0.15, 0.2) is 5.96 Å². The van der Waals surface area contributed by atoms with Gasteiger partial charge in [0, 0.05) is 31.3 Å². The number of rotatable bonds is 9. The SMILES string of the molecule is COc1cc(OC)cc(OCCCNC(N)=NCC(C)C)c1.I. The number of nitrogens with two attached hydrogens (primary N) is 1. The van der Waals surface area contributed by atoms with Crippen molar-refractivity contribution >= 4 is 29.9 Å². The molecule has 23 heavy (non-hydrogen) atoms. The molecule has 0 aliphatic heterocycles. The van der Waals surface area contributed by atoms with Gasteiger partial charge in [0.05, 0.1) is 20.8 Å². The van der Waals surface area contributed by atoms with Crippen molar-refractivity contribution in [1.29, 1.82) is 0 Å². The van der Waals surface area contributed by atoms with Crippen molar-refractivity contribution in [1.82, 2.24) is 5.32 Å². The molecule has 6 nitrogen and oxygen atoms in total. The summed E-state index contributed by atoms with van der Waals surface area (Å²) in [5.41, 5.74) is 5.76. The van der Waals surface area contributed by atoms with Crippen LogP contribution in [0.1, 0.15) is 20.3 Å². The zero-order valence-electron chi connectivity index (χ0n) is 14.3. The third-order valence-corrected chi connectivity index (χ3v) is 2.85. The van der Waals surface area contributed by atoms with Gasteiger partial charge in [-0.1, -0.05) is 13.8 Å². The Kier molecular flexibility index (Phi) is 11.4. The second-order valence-corrected chi connectivity index (χ2v) is 5.30. The van der Waals surface area contributed by atoms with Crippen LogP contribution >= 0.6 is 24.0 Å². The third-order valence-electron chi connectivity index (χ3n) is 2.85. The van der Waals surface area contributed by atoms with E-state index in [9.17, 15) is 0 Å². The Morgan fingerprint density at radius 3 is 2.22 bits per heavy atom. The molecule has 7 heteroatoms. The Morgan fingerprint density at radius 1 is 1.13 bits per heavy atom. The van der Waals surface area contributed by atoms with E-state index < -0.39 is 0 Å². The highest BCUT2D eigenvalue weighted by molar-refractivity contribution is 14.0.